The second-order valence-electron chi connectivity index (χ2n) is 5.74. The summed E-state index contributed by atoms with van der Waals surface area (Å²) in [6.45, 7) is 2.53. The van der Waals surface area contributed by atoms with E-state index in [1.165, 1.54) is 6.26 Å². The van der Waals surface area contributed by atoms with Gasteiger partial charge in [0.15, 0.2) is 0 Å². The Labute approximate surface area is 137 Å². The van der Waals surface area contributed by atoms with Gasteiger partial charge in [0.1, 0.15) is 0 Å². The largest absolute Gasteiger partial charge is 0.383 e. The van der Waals surface area contributed by atoms with Crippen molar-refractivity contribution >= 4 is 21.6 Å². The maximum atomic E-state index is 11.5. The van der Waals surface area contributed by atoms with Crippen LogP contribution in [0.15, 0.2) is 24.3 Å². The molecule has 1 heterocycles. The number of sulfonamides is 1. The third kappa shape index (κ3) is 4.93. The second-order valence-corrected chi connectivity index (χ2v) is 8.16. The van der Waals surface area contributed by atoms with Crippen LogP contribution in [0.1, 0.15) is 18.0 Å². The van der Waals surface area contributed by atoms with Gasteiger partial charge in [-0.3, -0.25) is 0 Å². The van der Waals surface area contributed by atoms with Crippen molar-refractivity contribution in [2.45, 2.75) is 12.5 Å². The zero-order valence-electron chi connectivity index (χ0n) is 13.0. The topological polar surface area (TPSA) is 58.6 Å². The van der Waals surface area contributed by atoms with Gasteiger partial charge < -0.3 is 10.1 Å². The highest BCUT2D eigenvalue weighted by Gasteiger charge is 2.28. The molecular weight excluding hydrogens is 324 g/mol. The van der Waals surface area contributed by atoms with E-state index in [0.717, 1.165) is 18.5 Å². The van der Waals surface area contributed by atoms with Crippen molar-refractivity contribution < 1.29 is 13.2 Å². The first-order valence-corrected chi connectivity index (χ1v) is 9.55. The average molecular weight is 347 g/mol. The first-order chi connectivity index (χ1) is 10.4. The highest BCUT2D eigenvalue weighted by Crippen LogP contribution is 2.21. The molecule has 5 nitrogen and oxygen atoms in total. The van der Waals surface area contributed by atoms with Crippen molar-refractivity contribution in [1.82, 2.24) is 9.62 Å². The fraction of sp³-hybridized carbons (Fsp3) is 0.600. The van der Waals surface area contributed by atoms with Crippen LogP contribution in [0.25, 0.3) is 0 Å². The highest BCUT2D eigenvalue weighted by atomic mass is 35.5. The monoisotopic (exact) mass is 346 g/mol. The summed E-state index contributed by atoms with van der Waals surface area (Å²) in [5.74, 6) is 0.335. The lowest BCUT2D eigenvalue weighted by molar-refractivity contribution is 0.164. The van der Waals surface area contributed by atoms with Crippen molar-refractivity contribution in [3.63, 3.8) is 0 Å². The van der Waals surface area contributed by atoms with Gasteiger partial charge in [-0.15, -0.1) is 0 Å². The number of nitrogens with zero attached hydrogens (tertiary/aromatic N) is 1. The van der Waals surface area contributed by atoms with E-state index in [0.29, 0.717) is 30.6 Å². The molecule has 7 heteroatoms. The molecule has 0 aliphatic carbocycles. The molecular formula is C15H23ClN2O3S. The number of rotatable bonds is 7. The minimum atomic E-state index is -3.07. The van der Waals surface area contributed by atoms with E-state index in [-0.39, 0.29) is 6.04 Å². The van der Waals surface area contributed by atoms with E-state index < -0.39 is 10.0 Å². The molecule has 22 heavy (non-hydrogen) atoms. The Morgan fingerprint density at radius 3 is 2.64 bits per heavy atom. The SMILES string of the molecule is COCC(NCC1CCN(S(C)(=O)=O)C1)c1ccc(Cl)cc1. The fourth-order valence-corrected chi connectivity index (χ4v) is 3.75. The fourth-order valence-electron chi connectivity index (χ4n) is 2.71. The molecule has 2 unspecified atom stereocenters. The number of halogens is 1. The molecule has 1 N–H and O–H groups in total. The summed E-state index contributed by atoms with van der Waals surface area (Å²) < 4.78 is 29.9. The Morgan fingerprint density at radius 2 is 2.09 bits per heavy atom. The maximum absolute atomic E-state index is 11.5. The van der Waals surface area contributed by atoms with Gasteiger partial charge in [-0.1, -0.05) is 23.7 Å². The first kappa shape index (κ1) is 17.7. The van der Waals surface area contributed by atoms with Crippen LogP contribution in [0.2, 0.25) is 5.02 Å². The number of benzene rings is 1. The van der Waals surface area contributed by atoms with Crippen LogP contribution < -0.4 is 5.32 Å². The normalized spacial score (nSPS) is 21.1. The smallest absolute Gasteiger partial charge is 0.211 e. The molecule has 124 valence electrons. The molecule has 1 aromatic carbocycles. The Kier molecular flexibility index (Phi) is 6.23. The third-order valence-corrected chi connectivity index (χ3v) is 5.50. The van der Waals surface area contributed by atoms with Crippen LogP contribution in [0.3, 0.4) is 0 Å². The summed E-state index contributed by atoms with van der Waals surface area (Å²) in [4.78, 5) is 0. The van der Waals surface area contributed by atoms with Crippen LogP contribution in [-0.4, -0.2) is 52.3 Å². The molecule has 1 fully saturated rings. The van der Waals surface area contributed by atoms with Crippen LogP contribution >= 0.6 is 11.6 Å². The molecule has 1 aliphatic heterocycles. The van der Waals surface area contributed by atoms with Crippen LogP contribution in [0.4, 0.5) is 0 Å². The van der Waals surface area contributed by atoms with Crippen molar-refractivity contribution in [1.29, 1.82) is 0 Å². The predicted molar refractivity (Wildman–Crippen MR) is 88.6 cm³/mol. The van der Waals surface area contributed by atoms with E-state index in [9.17, 15) is 8.42 Å². The van der Waals surface area contributed by atoms with E-state index in [4.69, 9.17) is 16.3 Å². The summed E-state index contributed by atoms with van der Waals surface area (Å²) in [5.41, 5.74) is 1.12. The quantitative estimate of drug-likeness (QED) is 0.819. The minimum Gasteiger partial charge on any atom is -0.383 e. The summed E-state index contributed by atoms with van der Waals surface area (Å²) in [5, 5.41) is 4.19. The third-order valence-electron chi connectivity index (χ3n) is 3.98. The van der Waals surface area contributed by atoms with Crippen molar-refractivity contribution in [3.8, 4) is 0 Å². The molecule has 0 aromatic heterocycles. The molecule has 1 saturated heterocycles. The number of methoxy groups -OCH3 is 1. The lowest BCUT2D eigenvalue weighted by atomic mass is 10.1. The molecule has 2 rings (SSSR count). The second kappa shape index (κ2) is 7.75. The summed E-state index contributed by atoms with van der Waals surface area (Å²) in [6.07, 6.45) is 2.16. The van der Waals surface area contributed by atoms with Crippen LogP contribution in [-0.2, 0) is 14.8 Å². The zero-order chi connectivity index (χ0) is 16.2. The van der Waals surface area contributed by atoms with E-state index in [1.54, 1.807) is 11.4 Å². The number of hydrogen-bond donors (Lipinski definition) is 1. The maximum Gasteiger partial charge on any atom is 0.211 e. The summed E-state index contributed by atoms with van der Waals surface area (Å²) in [7, 11) is -1.40. The summed E-state index contributed by atoms with van der Waals surface area (Å²) >= 11 is 5.92. The Hall–Kier alpha value is -0.660. The van der Waals surface area contributed by atoms with Crippen LogP contribution in [0, 0.1) is 5.92 Å². The molecule has 1 aromatic rings. The Morgan fingerprint density at radius 1 is 1.41 bits per heavy atom. The number of nitrogens with one attached hydrogen (secondary N) is 1. The first-order valence-electron chi connectivity index (χ1n) is 7.33. The van der Waals surface area contributed by atoms with Crippen LogP contribution in [0.5, 0.6) is 0 Å². The average Bonchev–Trinajstić information content (AvgIpc) is 2.93. The van der Waals surface area contributed by atoms with Crippen molar-refractivity contribution in [2.75, 3.05) is 39.6 Å². The predicted octanol–water partition coefficient (Wildman–Crippen LogP) is 1.90. The van der Waals surface area contributed by atoms with Gasteiger partial charge in [0.2, 0.25) is 10.0 Å². The molecule has 0 amide bonds. The van der Waals surface area contributed by atoms with E-state index >= 15 is 0 Å². The van der Waals surface area contributed by atoms with Crippen molar-refractivity contribution in [2.24, 2.45) is 5.92 Å². The van der Waals surface area contributed by atoms with E-state index in [1.807, 2.05) is 24.3 Å². The Bertz CT molecular complexity index is 577. The lowest BCUT2D eigenvalue weighted by Gasteiger charge is -2.21. The molecule has 0 saturated carbocycles. The molecule has 1 aliphatic rings. The standard InChI is InChI=1S/C15H23ClN2O3S/c1-21-11-15(13-3-5-14(16)6-4-13)17-9-12-7-8-18(10-12)22(2,19)20/h3-6,12,15,17H,7-11H2,1-2H3. The van der Waals surface area contributed by atoms with E-state index in [2.05, 4.69) is 5.32 Å². The number of hydrogen-bond acceptors (Lipinski definition) is 4. The van der Waals surface area contributed by atoms with Gasteiger partial charge in [-0.05, 0) is 36.6 Å². The summed E-state index contributed by atoms with van der Waals surface area (Å²) in [6, 6.07) is 7.77. The highest BCUT2D eigenvalue weighted by molar-refractivity contribution is 7.88. The van der Waals surface area contributed by atoms with Crippen molar-refractivity contribution in [3.05, 3.63) is 34.9 Å². The molecule has 0 bridgehead atoms. The zero-order valence-corrected chi connectivity index (χ0v) is 14.5. The molecule has 0 radical (unpaired) electrons. The van der Waals surface area contributed by atoms with Gasteiger partial charge >= 0.3 is 0 Å². The van der Waals surface area contributed by atoms with Gasteiger partial charge in [-0.25, -0.2) is 12.7 Å². The lowest BCUT2D eigenvalue weighted by Crippen LogP contribution is -2.33. The van der Waals surface area contributed by atoms with Gasteiger partial charge in [0.05, 0.1) is 18.9 Å². The van der Waals surface area contributed by atoms with Gasteiger partial charge in [0.25, 0.3) is 0 Å². The van der Waals surface area contributed by atoms with Gasteiger partial charge in [0, 0.05) is 25.2 Å². The van der Waals surface area contributed by atoms with Gasteiger partial charge in [-0.2, -0.15) is 0 Å². The number of ether oxygens (including phenoxy) is 1. The molecule has 0 spiro atoms. The Balaban J connectivity index is 1.91. The minimum absolute atomic E-state index is 0.0783. The molecule has 2 atom stereocenters.